The molecule has 0 bridgehead atoms. The van der Waals surface area contributed by atoms with Crippen LogP contribution in [0.25, 0.3) is 0 Å². The van der Waals surface area contributed by atoms with Crippen LogP contribution >= 0.6 is 0 Å². The highest BCUT2D eigenvalue weighted by Crippen LogP contribution is 2.31. The second-order valence-corrected chi connectivity index (χ2v) is 2.84. The average Bonchev–Trinajstić information content (AvgIpc) is 2.19. The van der Waals surface area contributed by atoms with E-state index in [1.165, 1.54) is 0 Å². The molecular formula is C9H9N3O3. The number of hydrogen-bond donors (Lipinski definition) is 3. The van der Waals surface area contributed by atoms with E-state index in [9.17, 15) is 14.4 Å². The summed E-state index contributed by atoms with van der Waals surface area (Å²) in [5, 5.41) is 0. The highest BCUT2D eigenvalue weighted by atomic mass is 16.1. The first-order valence-electron chi connectivity index (χ1n) is 3.94. The van der Waals surface area contributed by atoms with Crippen LogP contribution in [-0.2, 0) is 0 Å². The van der Waals surface area contributed by atoms with E-state index in [2.05, 4.69) is 0 Å². The van der Waals surface area contributed by atoms with Gasteiger partial charge in [0.2, 0.25) is 0 Å². The fraction of sp³-hybridized carbons (Fsp3) is 0. The van der Waals surface area contributed by atoms with Gasteiger partial charge >= 0.3 is 0 Å². The molecule has 0 radical (unpaired) electrons. The highest BCUT2D eigenvalue weighted by molar-refractivity contribution is 6.09. The Bertz CT molecular complexity index is 367. The first-order valence-corrected chi connectivity index (χ1v) is 3.94. The van der Waals surface area contributed by atoms with Crippen molar-refractivity contribution in [1.82, 2.24) is 0 Å². The lowest BCUT2D eigenvalue weighted by Gasteiger charge is -2.11. The fourth-order valence-electron chi connectivity index (χ4n) is 1.25. The zero-order valence-electron chi connectivity index (χ0n) is 7.69. The van der Waals surface area contributed by atoms with Gasteiger partial charge in [0, 0.05) is 0 Å². The van der Waals surface area contributed by atoms with E-state index in [1.54, 1.807) is 0 Å². The maximum atomic E-state index is 10.7. The molecule has 1 aromatic rings. The summed E-state index contributed by atoms with van der Waals surface area (Å²) in [6.45, 7) is 0. The number of nitrogen functional groups attached to an aromatic ring is 3. The van der Waals surface area contributed by atoms with Gasteiger partial charge in [-0.2, -0.15) is 0 Å². The molecule has 0 aromatic heterocycles. The Labute approximate surface area is 85.0 Å². The zero-order valence-corrected chi connectivity index (χ0v) is 7.69. The van der Waals surface area contributed by atoms with Crippen LogP contribution in [0.4, 0.5) is 17.1 Å². The summed E-state index contributed by atoms with van der Waals surface area (Å²) in [5.41, 5.74) is 15.9. The van der Waals surface area contributed by atoms with E-state index in [-0.39, 0.29) is 33.8 Å². The summed E-state index contributed by atoms with van der Waals surface area (Å²) in [7, 11) is 0. The number of carbonyl (C=O) groups is 3. The molecule has 0 aliphatic heterocycles. The molecular weight excluding hydrogens is 198 g/mol. The third-order valence-electron chi connectivity index (χ3n) is 2.09. The second-order valence-electron chi connectivity index (χ2n) is 2.84. The smallest absolute Gasteiger partial charge is 0.154 e. The van der Waals surface area contributed by atoms with Gasteiger partial charge in [0.25, 0.3) is 0 Å². The Kier molecular flexibility index (Phi) is 2.70. The van der Waals surface area contributed by atoms with Crippen LogP contribution in [-0.4, -0.2) is 18.9 Å². The van der Waals surface area contributed by atoms with E-state index in [4.69, 9.17) is 17.2 Å². The molecule has 0 atom stereocenters. The van der Waals surface area contributed by atoms with Gasteiger partial charge in [-0.05, 0) is 0 Å². The molecule has 0 unspecified atom stereocenters. The van der Waals surface area contributed by atoms with Gasteiger partial charge < -0.3 is 17.2 Å². The topological polar surface area (TPSA) is 129 Å². The van der Waals surface area contributed by atoms with E-state index in [0.717, 1.165) is 0 Å². The number of nitrogens with two attached hydrogens (primary N) is 3. The highest BCUT2D eigenvalue weighted by Gasteiger charge is 2.17. The van der Waals surface area contributed by atoms with Crippen molar-refractivity contribution in [2.45, 2.75) is 0 Å². The molecule has 0 amide bonds. The van der Waals surface area contributed by atoms with Crippen molar-refractivity contribution in [1.29, 1.82) is 0 Å². The third-order valence-corrected chi connectivity index (χ3v) is 2.09. The molecule has 1 aromatic carbocycles. The van der Waals surface area contributed by atoms with Crippen LogP contribution in [0.5, 0.6) is 0 Å². The molecule has 78 valence electrons. The predicted molar refractivity (Wildman–Crippen MR) is 55.8 cm³/mol. The average molecular weight is 207 g/mol. The number of aldehydes is 3. The molecule has 0 heterocycles. The molecule has 6 N–H and O–H groups in total. The van der Waals surface area contributed by atoms with Gasteiger partial charge in [-0.25, -0.2) is 0 Å². The Morgan fingerprint density at radius 1 is 0.600 bits per heavy atom. The molecule has 0 saturated carbocycles. The first kappa shape index (κ1) is 10.7. The third kappa shape index (κ3) is 1.41. The van der Waals surface area contributed by atoms with E-state index >= 15 is 0 Å². The van der Waals surface area contributed by atoms with Gasteiger partial charge in [-0.1, -0.05) is 0 Å². The Hall–Kier alpha value is -2.37. The minimum atomic E-state index is -0.111. The lowest BCUT2D eigenvalue weighted by Crippen LogP contribution is -2.11. The fourth-order valence-corrected chi connectivity index (χ4v) is 1.25. The van der Waals surface area contributed by atoms with Crippen molar-refractivity contribution in [3.05, 3.63) is 16.7 Å². The predicted octanol–water partition coefficient (Wildman–Crippen LogP) is -0.129. The van der Waals surface area contributed by atoms with Crippen molar-refractivity contribution in [2.24, 2.45) is 0 Å². The van der Waals surface area contributed by atoms with Gasteiger partial charge in [0.15, 0.2) is 18.9 Å². The van der Waals surface area contributed by atoms with Gasteiger partial charge in [0.1, 0.15) is 0 Å². The quantitative estimate of drug-likeness (QED) is 0.467. The van der Waals surface area contributed by atoms with Crippen LogP contribution in [0.1, 0.15) is 31.1 Å². The van der Waals surface area contributed by atoms with Crippen LogP contribution in [0.15, 0.2) is 0 Å². The van der Waals surface area contributed by atoms with Crippen molar-refractivity contribution in [3.63, 3.8) is 0 Å². The van der Waals surface area contributed by atoms with Gasteiger partial charge in [-0.15, -0.1) is 0 Å². The molecule has 0 fully saturated rings. The minimum absolute atomic E-state index is 0.0894. The van der Waals surface area contributed by atoms with Crippen molar-refractivity contribution in [2.75, 3.05) is 17.2 Å². The Morgan fingerprint density at radius 3 is 0.933 bits per heavy atom. The van der Waals surface area contributed by atoms with E-state index in [0.29, 0.717) is 18.9 Å². The number of carbonyl (C=O) groups excluding carboxylic acids is 3. The van der Waals surface area contributed by atoms with Crippen LogP contribution in [0.3, 0.4) is 0 Å². The van der Waals surface area contributed by atoms with Crippen molar-refractivity contribution >= 4 is 35.9 Å². The van der Waals surface area contributed by atoms with Crippen LogP contribution in [0.2, 0.25) is 0 Å². The van der Waals surface area contributed by atoms with Gasteiger partial charge in [0.05, 0.1) is 33.8 Å². The van der Waals surface area contributed by atoms with E-state index < -0.39 is 0 Å². The van der Waals surface area contributed by atoms with E-state index in [1.807, 2.05) is 0 Å². The summed E-state index contributed by atoms with van der Waals surface area (Å²) in [6.07, 6.45) is 1.14. The summed E-state index contributed by atoms with van der Waals surface area (Å²) < 4.78 is 0. The summed E-state index contributed by atoms with van der Waals surface area (Å²) >= 11 is 0. The van der Waals surface area contributed by atoms with Crippen molar-refractivity contribution in [3.8, 4) is 0 Å². The minimum Gasteiger partial charge on any atom is -0.397 e. The lowest BCUT2D eigenvalue weighted by atomic mass is 9.99. The molecule has 0 saturated heterocycles. The maximum absolute atomic E-state index is 10.7. The molecule has 6 nitrogen and oxygen atoms in total. The largest absolute Gasteiger partial charge is 0.397 e. The van der Waals surface area contributed by atoms with Crippen LogP contribution in [0, 0.1) is 0 Å². The SMILES string of the molecule is Nc1c(C=O)c(N)c(C=O)c(N)c1C=O. The Balaban J connectivity index is 3.79. The molecule has 1 rings (SSSR count). The van der Waals surface area contributed by atoms with Crippen molar-refractivity contribution < 1.29 is 14.4 Å². The summed E-state index contributed by atoms with van der Waals surface area (Å²) in [4.78, 5) is 32.0. The monoisotopic (exact) mass is 207 g/mol. The number of benzene rings is 1. The second kappa shape index (κ2) is 3.79. The molecule has 6 heteroatoms. The normalized spacial score (nSPS) is 9.60. The van der Waals surface area contributed by atoms with Crippen LogP contribution < -0.4 is 17.2 Å². The molecule has 0 spiro atoms. The maximum Gasteiger partial charge on any atom is 0.154 e. The Morgan fingerprint density at radius 2 is 0.800 bits per heavy atom. The first-order chi connectivity index (χ1) is 7.08. The number of rotatable bonds is 3. The summed E-state index contributed by atoms with van der Waals surface area (Å²) in [5.74, 6) is 0. The van der Waals surface area contributed by atoms with Gasteiger partial charge in [-0.3, -0.25) is 14.4 Å². The standard InChI is InChI=1S/C9H9N3O3/c10-7-4(1-13)8(11)6(3-15)9(12)5(7)2-14/h1-3H,10-12H2. The number of hydrogen-bond acceptors (Lipinski definition) is 6. The molecule has 15 heavy (non-hydrogen) atoms. The molecule has 0 aliphatic carbocycles. The number of anilines is 3. The molecule has 0 aliphatic rings. The summed E-state index contributed by atoms with van der Waals surface area (Å²) in [6, 6.07) is 0. The zero-order chi connectivity index (χ0) is 11.6. The lowest BCUT2D eigenvalue weighted by molar-refractivity contribution is 0.112.